The second-order valence-corrected chi connectivity index (χ2v) is 6.60. The Bertz CT molecular complexity index is 570. The third-order valence-corrected chi connectivity index (χ3v) is 3.42. The molecule has 0 aliphatic rings. The third-order valence-electron chi connectivity index (χ3n) is 3.42. The standard InChI is InChI=1S/C19H30F3N3O2.HI/c1-15(2)12-26-9-5-8-24-18(23-3)25-11-16-6-4-7-17(10-16)13-27-14-19(20,21)22;/h4,6-7,10,15H,5,8-9,11-14H2,1-3H3,(H2,23,24,25);1H. The van der Waals surface area contributed by atoms with E-state index in [4.69, 9.17) is 9.47 Å². The maximum Gasteiger partial charge on any atom is 0.411 e. The topological polar surface area (TPSA) is 54.9 Å². The monoisotopic (exact) mass is 517 g/mol. The normalized spacial score (nSPS) is 12.0. The Morgan fingerprint density at radius 2 is 1.86 bits per heavy atom. The lowest BCUT2D eigenvalue weighted by molar-refractivity contribution is -0.176. The summed E-state index contributed by atoms with van der Waals surface area (Å²) in [5.41, 5.74) is 1.63. The smallest absolute Gasteiger partial charge is 0.381 e. The van der Waals surface area contributed by atoms with Crippen LogP contribution in [0.3, 0.4) is 0 Å². The molecule has 0 aliphatic carbocycles. The highest BCUT2D eigenvalue weighted by atomic mass is 127. The van der Waals surface area contributed by atoms with Crippen LogP contribution in [0.5, 0.6) is 0 Å². The highest BCUT2D eigenvalue weighted by Crippen LogP contribution is 2.16. The van der Waals surface area contributed by atoms with Gasteiger partial charge < -0.3 is 20.1 Å². The lowest BCUT2D eigenvalue weighted by atomic mass is 10.1. The Hall–Kier alpha value is -1.07. The fraction of sp³-hybridized carbons (Fsp3) is 0.632. The molecule has 0 saturated carbocycles. The fourth-order valence-corrected chi connectivity index (χ4v) is 2.22. The van der Waals surface area contributed by atoms with Gasteiger partial charge in [-0.05, 0) is 23.5 Å². The third kappa shape index (κ3) is 14.0. The predicted octanol–water partition coefficient (Wildman–Crippen LogP) is 4.11. The average Bonchev–Trinajstić information content (AvgIpc) is 2.59. The van der Waals surface area contributed by atoms with Gasteiger partial charge in [-0.15, -0.1) is 24.0 Å². The number of guanidine groups is 1. The summed E-state index contributed by atoms with van der Waals surface area (Å²) >= 11 is 0. The number of ether oxygens (including phenoxy) is 2. The molecule has 28 heavy (non-hydrogen) atoms. The molecule has 1 aromatic rings. The first-order chi connectivity index (χ1) is 12.8. The number of hydrogen-bond donors (Lipinski definition) is 2. The zero-order valence-corrected chi connectivity index (χ0v) is 19.0. The van der Waals surface area contributed by atoms with Gasteiger partial charge >= 0.3 is 6.18 Å². The maximum absolute atomic E-state index is 12.1. The van der Waals surface area contributed by atoms with Crippen LogP contribution in [0.2, 0.25) is 0 Å². The van der Waals surface area contributed by atoms with Crippen molar-refractivity contribution in [2.45, 2.75) is 39.6 Å². The molecule has 1 rings (SSSR count). The lowest BCUT2D eigenvalue weighted by Crippen LogP contribution is -2.37. The molecule has 0 radical (unpaired) electrons. The van der Waals surface area contributed by atoms with Crippen LogP contribution in [0.4, 0.5) is 13.2 Å². The summed E-state index contributed by atoms with van der Waals surface area (Å²) < 4.78 is 46.6. The summed E-state index contributed by atoms with van der Waals surface area (Å²) in [6, 6.07) is 7.25. The summed E-state index contributed by atoms with van der Waals surface area (Å²) in [6.45, 7) is 5.62. The van der Waals surface area contributed by atoms with Crippen molar-refractivity contribution in [1.29, 1.82) is 0 Å². The van der Waals surface area contributed by atoms with E-state index in [1.165, 1.54) is 0 Å². The first-order valence-corrected chi connectivity index (χ1v) is 9.04. The Kier molecular flexibility index (Phi) is 14.3. The molecule has 1 aromatic carbocycles. The second-order valence-electron chi connectivity index (χ2n) is 6.60. The Morgan fingerprint density at radius 1 is 1.14 bits per heavy atom. The number of hydrogen-bond acceptors (Lipinski definition) is 3. The van der Waals surface area contributed by atoms with Crippen molar-refractivity contribution in [3.63, 3.8) is 0 Å². The molecule has 5 nitrogen and oxygen atoms in total. The predicted molar refractivity (Wildman–Crippen MR) is 116 cm³/mol. The molecule has 0 unspecified atom stereocenters. The Morgan fingerprint density at radius 3 is 2.50 bits per heavy atom. The van der Waals surface area contributed by atoms with Gasteiger partial charge in [0.05, 0.1) is 6.61 Å². The molecule has 0 heterocycles. The second kappa shape index (κ2) is 14.9. The van der Waals surface area contributed by atoms with E-state index in [2.05, 4.69) is 29.5 Å². The lowest BCUT2D eigenvalue weighted by Gasteiger charge is -2.13. The quantitative estimate of drug-likeness (QED) is 0.201. The maximum atomic E-state index is 12.1. The fourth-order valence-electron chi connectivity index (χ4n) is 2.22. The van der Waals surface area contributed by atoms with Gasteiger partial charge in [-0.25, -0.2) is 0 Å². The highest BCUT2D eigenvalue weighted by molar-refractivity contribution is 14.0. The number of aliphatic imine (C=N–C) groups is 1. The molecule has 9 heteroatoms. The first-order valence-electron chi connectivity index (χ1n) is 9.04. The van der Waals surface area contributed by atoms with E-state index in [0.29, 0.717) is 30.6 Å². The van der Waals surface area contributed by atoms with Gasteiger partial charge in [-0.2, -0.15) is 13.2 Å². The number of alkyl halides is 3. The van der Waals surface area contributed by atoms with Crippen LogP contribution >= 0.6 is 24.0 Å². The van der Waals surface area contributed by atoms with Crippen LogP contribution in [0.1, 0.15) is 31.4 Å². The van der Waals surface area contributed by atoms with Crippen molar-refractivity contribution in [2.75, 3.05) is 33.4 Å². The zero-order chi connectivity index (χ0) is 20.1. The first kappa shape index (κ1) is 26.9. The molecule has 0 bridgehead atoms. The number of rotatable bonds is 11. The molecule has 0 spiro atoms. The van der Waals surface area contributed by atoms with Crippen molar-refractivity contribution in [3.05, 3.63) is 35.4 Å². The molecule has 0 saturated heterocycles. The minimum Gasteiger partial charge on any atom is -0.381 e. The minimum absolute atomic E-state index is 0. The summed E-state index contributed by atoms with van der Waals surface area (Å²) in [5, 5.41) is 6.38. The van der Waals surface area contributed by atoms with Crippen LogP contribution in [-0.4, -0.2) is 45.5 Å². The molecule has 0 atom stereocenters. The number of halogens is 4. The zero-order valence-electron chi connectivity index (χ0n) is 16.6. The van der Waals surface area contributed by atoms with E-state index in [-0.39, 0.29) is 30.6 Å². The molecule has 0 aromatic heterocycles. The van der Waals surface area contributed by atoms with Gasteiger partial charge in [-0.3, -0.25) is 4.99 Å². The molecular weight excluding hydrogens is 486 g/mol. The van der Waals surface area contributed by atoms with Crippen molar-refractivity contribution in [3.8, 4) is 0 Å². The van der Waals surface area contributed by atoms with Crippen LogP contribution in [-0.2, 0) is 22.6 Å². The summed E-state index contributed by atoms with van der Waals surface area (Å²) in [6.07, 6.45) is -3.43. The van der Waals surface area contributed by atoms with E-state index in [1.807, 2.05) is 12.1 Å². The molecule has 0 fully saturated rings. The molecule has 162 valence electrons. The van der Waals surface area contributed by atoms with Crippen LogP contribution in [0, 0.1) is 5.92 Å². The Balaban J connectivity index is 0.00000729. The van der Waals surface area contributed by atoms with Crippen molar-refractivity contribution in [1.82, 2.24) is 10.6 Å². The highest BCUT2D eigenvalue weighted by Gasteiger charge is 2.27. The van der Waals surface area contributed by atoms with Crippen LogP contribution < -0.4 is 10.6 Å². The van der Waals surface area contributed by atoms with Gasteiger partial charge in [0.15, 0.2) is 5.96 Å². The van der Waals surface area contributed by atoms with Crippen molar-refractivity contribution < 1.29 is 22.6 Å². The van der Waals surface area contributed by atoms with E-state index in [0.717, 1.165) is 25.1 Å². The molecule has 0 amide bonds. The van der Waals surface area contributed by atoms with Gasteiger partial charge in [0.25, 0.3) is 0 Å². The average molecular weight is 517 g/mol. The summed E-state index contributed by atoms with van der Waals surface area (Å²) in [5.74, 6) is 1.19. The van der Waals surface area contributed by atoms with E-state index in [9.17, 15) is 13.2 Å². The van der Waals surface area contributed by atoms with Gasteiger partial charge in [-0.1, -0.05) is 38.1 Å². The largest absolute Gasteiger partial charge is 0.411 e. The number of benzene rings is 1. The SMILES string of the molecule is CN=C(NCCCOCC(C)C)NCc1cccc(COCC(F)(F)F)c1.I. The minimum atomic E-state index is -4.31. The Labute approximate surface area is 182 Å². The molecular formula is C19H31F3IN3O2. The van der Waals surface area contributed by atoms with E-state index >= 15 is 0 Å². The molecule has 2 N–H and O–H groups in total. The van der Waals surface area contributed by atoms with Gasteiger partial charge in [0, 0.05) is 33.4 Å². The van der Waals surface area contributed by atoms with Crippen molar-refractivity contribution >= 4 is 29.9 Å². The number of nitrogens with zero attached hydrogens (tertiary/aromatic N) is 1. The number of nitrogens with one attached hydrogen (secondary N) is 2. The van der Waals surface area contributed by atoms with Crippen molar-refractivity contribution in [2.24, 2.45) is 10.9 Å². The van der Waals surface area contributed by atoms with Gasteiger partial charge in [0.1, 0.15) is 6.61 Å². The summed E-state index contributed by atoms with van der Waals surface area (Å²) in [4.78, 5) is 4.15. The van der Waals surface area contributed by atoms with Crippen LogP contribution in [0.25, 0.3) is 0 Å². The summed E-state index contributed by atoms with van der Waals surface area (Å²) in [7, 11) is 1.69. The molecule has 0 aliphatic heterocycles. The van der Waals surface area contributed by atoms with E-state index < -0.39 is 12.8 Å². The van der Waals surface area contributed by atoms with Crippen LogP contribution in [0.15, 0.2) is 29.3 Å². The van der Waals surface area contributed by atoms with E-state index in [1.54, 1.807) is 19.2 Å². The van der Waals surface area contributed by atoms with Gasteiger partial charge in [0.2, 0.25) is 0 Å².